The summed E-state index contributed by atoms with van der Waals surface area (Å²) in [7, 11) is 2.09. The van der Waals surface area contributed by atoms with Crippen molar-refractivity contribution in [2.75, 3.05) is 39.8 Å². The van der Waals surface area contributed by atoms with Crippen molar-refractivity contribution in [3.8, 4) is 0 Å². The summed E-state index contributed by atoms with van der Waals surface area (Å²) in [6.07, 6.45) is 0. The summed E-state index contributed by atoms with van der Waals surface area (Å²) in [6.45, 7) is 7.66. The lowest BCUT2D eigenvalue weighted by Gasteiger charge is -2.31. The Bertz CT molecular complexity index is 456. The van der Waals surface area contributed by atoms with E-state index in [-0.39, 0.29) is 11.6 Å². The third kappa shape index (κ3) is 3.39. The van der Waals surface area contributed by atoms with Crippen LogP contribution in [-0.2, 0) is 0 Å². The van der Waals surface area contributed by atoms with Gasteiger partial charge in [-0.25, -0.2) is 4.39 Å². The molecule has 2 rings (SSSR count). The van der Waals surface area contributed by atoms with Gasteiger partial charge in [-0.2, -0.15) is 0 Å². The number of Topliss-reactive ketones (excluding diaryl/α,β-unsaturated/α-hetero) is 1. The van der Waals surface area contributed by atoms with Crippen LogP contribution in [0.4, 0.5) is 4.39 Å². The first kappa shape index (κ1) is 14.2. The number of hydrogen-bond donors (Lipinski definition) is 0. The monoisotopic (exact) mass is 264 g/mol. The highest BCUT2D eigenvalue weighted by atomic mass is 19.1. The van der Waals surface area contributed by atoms with Crippen LogP contribution in [0, 0.1) is 19.7 Å². The second-order valence-electron chi connectivity index (χ2n) is 5.43. The summed E-state index contributed by atoms with van der Waals surface area (Å²) < 4.78 is 13.5. The van der Waals surface area contributed by atoms with Gasteiger partial charge in [-0.05, 0) is 44.2 Å². The Labute approximate surface area is 114 Å². The van der Waals surface area contributed by atoms with Gasteiger partial charge in [0, 0.05) is 31.7 Å². The van der Waals surface area contributed by atoms with E-state index in [4.69, 9.17) is 0 Å². The minimum Gasteiger partial charge on any atom is -0.304 e. The van der Waals surface area contributed by atoms with Gasteiger partial charge in [0.2, 0.25) is 0 Å². The van der Waals surface area contributed by atoms with Crippen molar-refractivity contribution < 1.29 is 9.18 Å². The molecule has 0 radical (unpaired) electrons. The molecule has 1 aromatic carbocycles. The summed E-state index contributed by atoms with van der Waals surface area (Å²) in [4.78, 5) is 16.7. The first-order chi connectivity index (χ1) is 8.97. The number of ketones is 1. The van der Waals surface area contributed by atoms with Crippen LogP contribution in [0.2, 0.25) is 0 Å². The third-order valence-electron chi connectivity index (χ3n) is 3.72. The van der Waals surface area contributed by atoms with Crippen molar-refractivity contribution in [2.45, 2.75) is 13.8 Å². The number of piperazine rings is 1. The van der Waals surface area contributed by atoms with Crippen molar-refractivity contribution in [1.29, 1.82) is 0 Å². The second-order valence-corrected chi connectivity index (χ2v) is 5.43. The van der Waals surface area contributed by atoms with Crippen LogP contribution in [0.3, 0.4) is 0 Å². The Hall–Kier alpha value is -1.26. The molecule has 0 N–H and O–H groups in total. The predicted molar refractivity (Wildman–Crippen MR) is 74.1 cm³/mol. The van der Waals surface area contributed by atoms with E-state index in [1.165, 1.54) is 0 Å². The molecule has 0 atom stereocenters. The van der Waals surface area contributed by atoms with E-state index in [1.807, 2.05) is 0 Å². The Morgan fingerprint density at radius 3 is 2.21 bits per heavy atom. The molecular formula is C15H21FN2O. The van der Waals surface area contributed by atoms with Gasteiger partial charge in [0.1, 0.15) is 5.82 Å². The number of nitrogens with zero attached hydrogens (tertiary/aromatic N) is 2. The minimum absolute atomic E-state index is 0.0794. The van der Waals surface area contributed by atoms with E-state index in [9.17, 15) is 9.18 Å². The largest absolute Gasteiger partial charge is 0.304 e. The fourth-order valence-electron chi connectivity index (χ4n) is 2.41. The normalized spacial score (nSPS) is 17.7. The van der Waals surface area contributed by atoms with Gasteiger partial charge in [-0.1, -0.05) is 0 Å². The van der Waals surface area contributed by atoms with Crippen LogP contribution in [0.25, 0.3) is 0 Å². The van der Waals surface area contributed by atoms with Gasteiger partial charge in [-0.15, -0.1) is 0 Å². The van der Waals surface area contributed by atoms with Gasteiger partial charge >= 0.3 is 0 Å². The Kier molecular flexibility index (Phi) is 4.32. The molecule has 3 nitrogen and oxygen atoms in total. The summed E-state index contributed by atoms with van der Waals surface area (Å²) in [5, 5.41) is 0. The maximum Gasteiger partial charge on any atom is 0.176 e. The molecule has 0 spiro atoms. The van der Waals surface area contributed by atoms with Gasteiger partial charge in [0.05, 0.1) is 6.54 Å². The maximum absolute atomic E-state index is 13.5. The Morgan fingerprint density at radius 2 is 1.68 bits per heavy atom. The van der Waals surface area contributed by atoms with Crippen molar-refractivity contribution in [2.24, 2.45) is 0 Å². The average molecular weight is 264 g/mol. The van der Waals surface area contributed by atoms with E-state index in [0.717, 1.165) is 26.2 Å². The molecule has 4 heteroatoms. The third-order valence-corrected chi connectivity index (χ3v) is 3.72. The molecule has 1 saturated heterocycles. The highest BCUT2D eigenvalue weighted by Gasteiger charge is 2.18. The molecule has 0 amide bonds. The Balaban J connectivity index is 2.04. The molecular weight excluding hydrogens is 243 g/mol. The molecule has 0 aliphatic carbocycles. The average Bonchev–Trinajstić information content (AvgIpc) is 2.38. The first-order valence-electron chi connectivity index (χ1n) is 6.68. The highest BCUT2D eigenvalue weighted by molar-refractivity contribution is 5.98. The molecule has 0 bridgehead atoms. The summed E-state index contributed by atoms with van der Waals surface area (Å²) in [5.74, 6) is -0.132. The van der Waals surface area contributed by atoms with E-state index in [1.54, 1.807) is 26.0 Å². The van der Waals surface area contributed by atoms with Gasteiger partial charge < -0.3 is 4.90 Å². The van der Waals surface area contributed by atoms with Crippen LogP contribution in [0.5, 0.6) is 0 Å². The van der Waals surface area contributed by atoms with Crippen molar-refractivity contribution in [3.63, 3.8) is 0 Å². The molecule has 19 heavy (non-hydrogen) atoms. The first-order valence-corrected chi connectivity index (χ1v) is 6.68. The zero-order valence-electron chi connectivity index (χ0n) is 11.9. The number of halogens is 1. The molecule has 0 unspecified atom stereocenters. The number of likely N-dealkylation sites (N-methyl/N-ethyl adjacent to an activating group) is 1. The zero-order chi connectivity index (χ0) is 14.0. The van der Waals surface area contributed by atoms with Crippen molar-refractivity contribution in [3.05, 3.63) is 34.6 Å². The fourth-order valence-corrected chi connectivity index (χ4v) is 2.41. The molecule has 0 saturated carbocycles. The number of benzene rings is 1. The SMILES string of the molecule is Cc1cc(C(=O)CN2CCN(C)CC2)cc(C)c1F. The molecule has 1 aromatic rings. The number of carbonyl (C=O) groups excluding carboxylic acids is 1. The molecule has 1 fully saturated rings. The standard InChI is InChI=1S/C15H21FN2O/c1-11-8-13(9-12(2)15(11)16)14(19)10-18-6-4-17(3)5-7-18/h8-9H,4-7,10H2,1-3H3. The second kappa shape index (κ2) is 5.80. The molecule has 1 aliphatic rings. The van der Waals surface area contributed by atoms with Gasteiger partial charge in [-0.3, -0.25) is 9.69 Å². The number of hydrogen-bond acceptors (Lipinski definition) is 3. The smallest absolute Gasteiger partial charge is 0.176 e. The highest BCUT2D eigenvalue weighted by Crippen LogP contribution is 2.15. The lowest BCUT2D eigenvalue weighted by molar-refractivity contribution is 0.0876. The quantitative estimate of drug-likeness (QED) is 0.779. The topological polar surface area (TPSA) is 23.6 Å². The van der Waals surface area contributed by atoms with Crippen molar-refractivity contribution in [1.82, 2.24) is 9.80 Å². The lowest BCUT2D eigenvalue weighted by atomic mass is 10.0. The van der Waals surface area contributed by atoms with E-state index < -0.39 is 0 Å². The summed E-state index contributed by atoms with van der Waals surface area (Å²) in [6, 6.07) is 3.31. The van der Waals surface area contributed by atoms with Gasteiger partial charge in [0.25, 0.3) is 0 Å². The molecule has 0 aromatic heterocycles. The fraction of sp³-hybridized carbons (Fsp3) is 0.533. The maximum atomic E-state index is 13.5. The van der Waals surface area contributed by atoms with Crippen LogP contribution in [0.15, 0.2) is 12.1 Å². The number of rotatable bonds is 3. The van der Waals surface area contributed by atoms with Gasteiger partial charge in [0.15, 0.2) is 5.78 Å². The number of carbonyl (C=O) groups is 1. The van der Waals surface area contributed by atoms with Crippen molar-refractivity contribution >= 4 is 5.78 Å². The van der Waals surface area contributed by atoms with Crippen LogP contribution >= 0.6 is 0 Å². The molecule has 1 aliphatic heterocycles. The minimum atomic E-state index is -0.212. The molecule has 104 valence electrons. The van der Waals surface area contributed by atoms with Crippen LogP contribution in [0.1, 0.15) is 21.5 Å². The van der Waals surface area contributed by atoms with E-state index in [0.29, 0.717) is 23.2 Å². The number of aryl methyl sites for hydroxylation is 2. The zero-order valence-corrected chi connectivity index (χ0v) is 11.9. The predicted octanol–water partition coefficient (Wildman–Crippen LogP) is 1.87. The lowest BCUT2D eigenvalue weighted by Crippen LogP contribution is -2.46. The van der Waals surface area contributed by atoms with E-state index in [2.05, 4.69) is 16.8 Å². The molecule has 1 heterocycles. The summed E-state index contributed by atoms with van der Waals surface area (Å²) in [5.41, 5.74) is 1.71. The van der Waals surface area contributed by atoms with E-state index >= 15 is 0 Å². The summed E-state index contributed by atoms with van der Waals surface area (Å²) >= 11 is 0. The Morgan fingerprint density at radius 1 is 1.16 bits per heavy atom. The van der Waals surface area contributed by atoms with Crippen LogP contribution in [-0.4, -0.2) is 55.4 Å². The van der Waals surface area contributed by atoms with Crippen LogP contribution < -0.4 is 0 Å².